The molecule has 22 heavy (non-hydrogen) atoms. The van der Waals surface area contributed by atoms with E-state index in [0.29, 0.717) is 21.1 Å². The Morgan fingerprint density at radius 2 is 1.95 bits per heavy atom. The smallest absolute Gasteiger partial charge is 0.338 e. The standard InChI is InChI=1S/C14H11ClN4O2S/c1-7-8(2)17-11-5-9(3-4-10(11)16-7)14(20)21-6-12-13(15)22-19-18-12/h3-5H,6H2,1-2H3. The summed E-state index contributed by atoms with van der Waals surface area (Å²) in [5.74, 6) is -0.467. The molecular formula is C14H11ClN4O2S. The van der Waals surface area contributed by atoms with Gasteiger partial charge in [-0.2, -0.15) is 0 Å². The van der Waals surface area contributed by atoms with E-state index in [1.165, 1.54) is 0 Å². The summed E-state index contributed by atoms with van der Waals surface area (Å²) >= 11 is 6.91. The summed E-state index contributed by atoms with van der Waals surface area (Å²) in [6.45, 7) is 3.77. The molecule has 112 valence electrons. The molecule has 0 aliphatic rings. The lowest BCUT2D eigenvalue weighted by atomic mass is 10.2. The van der Waals surface area contributed by atoms with Crippen molar-refractivity contribution in [1.29, 1.82) is 0 Å². The van der Waals surface area contributed by atoms with Gasteiger partial charge >= 0.3 is 5.97 Å². The molecule has 0 aliphatic carbocycles. The number of aromatic nitrogens is 4. The Kier molecular flexibility index (Phi) is 4.00. The third kappa shape index (κ3) is 2.90. The van der Waals surface area contributed by atoms with E-state index in [1.54, 1.807) is 18.2 Å². The molecule has 0 atom stereocenters. The number of halogens is 1. The van der Waals surface area contributed by atoms with Crippen molar-refractivity contribution >= 4 is 40.1 Å². The molecule has 0 radical (unpaired) electrons. The number of hydrogen-bond donors (Lipinski definition) is 0. The molecule has 6 nitrogen and oxygen atoms in total. The molecular weight excluding hydrogens is 324 g/mol. The lowest BCUT2D eigenvalue weighted by Gasteiger charge is -2.06. The molecule has 0 unspecified atom stereocenters. The van der Waals surface area contributed by atoms with Crippen molar-refractivity contribution in [3.63, 3.8) is 0 Å². The molecule has 2 heterocycles. The van der Waals surface area contributed by atoms with E-state index in [0.717, 1.165) is 28.4 Å². The zero-order chi connectivity index (χ0) is 15.7. The van der Waals surface area contributed by atoms with Crippen LogP contribution in [0.2, 0.25) is 4.34 Å². The first kappa shape index (κ1) is 14.8. The van der Waals surface area contributed by atoms with Gasteiger partial charge in [-0.15, -0.1) is 5.10 Å². The third-order valence-corrected chi connectivity index (χ3v) is 4.14. The molecule has 0 N–H and O–H groups in total. The summed E-state index contributed by atoms with van der Waals surface area (Å²) in [6.07, 6.45) is 0. The first-order valence-electron chi connectivity index (χ1n) is 6.43. The van der Waals surface area contributed by atoms with Gasteiger partial charge < -0.3 is 4.74 Å². The number of carbonyl (C=O) groups is 1. The van der Waals surface area contributed by atoms with Crippen molar-refractivity contribution in [1.82, 2.24) is 19.6 Å². The van der Waals surface area contributed by atoms with Crippen LogP contribution in [0, 0.1) is 13.8 Å². The number of nitrogens with zero attached hydrogens (tertiary/aromatic N) is 4. The predicted molar refractivity (Wildman–Crippen MR) is 83.1 cm³/mol. The fourth-order valence-electron chi connectivity index (χ4n) is 1.86. The van der Waals surface area contributed by atoms with Gasteiger partial charge in [-0.3, -0.25) is 0 Å². The molecule has 0 spiro atoms. The van der Waals surface area contributed by atoms with Crippen molar-refractivity contribution in [2.45, 2.75) is 20.5 Å². The Labute approximate surface area is 135 Å². The number of aryl methyl sites for hydroxylation is 2. The minimum atomic E-state index is -0.467. The van der Waals surface area contributed by atoms with Crippen LogP contribution in [0.15, 0.2) is 18.2 Å². The number of carbonyl (C=O) groups excluding carboxylic acids is 1. The molecule has 0 aliphatic heterocycles. The Bertz CT molecular complexity index is 865. The van der Waals surface area contributed by atoms with Crippen molar-refractivity contribution in [3.8, 4) is 0 Å². The summed E-state index contributed by atoms with van der Waals surface area (Å²) in [4.78, 5) is 20.9. The van der Waals surface area contributed by atoms with Crippen molar-refractivity contribution in [3.05, 3.63) is 45.2 Å². The Hall–Kier alpha value is -2.12. The fourth-order valence-corrected chi connectivity index (χ4v) is 2.46. The van der Waals surface area contributed by atoms with Crippen molar-refractivity contribution in [2.24, 2.45) is 0 Å². The average molecular weight is 335 g/mol. The molecule has 0 amide bonds. The van der Waals surface area contributed by atoms with Gasteiger partial charge in [-0.25, -0.2) is 14.8 Å². The first-order chi connectivity index (χ1) is 10.5. The first-order valence-corrected chi connectivity index (χ1v) is 7.58. The number of fused-ring (bicyclic) bond motifs is 1. The summed E-state index contributed by atoms with van der Waals surface area (Å²) < 4.78 is 9.29. The molecule has 2 aromatic heterocycles. The second-order valence-corrected chi connectivity index (χ2v) is 6.02. The van der Waals surface area contributed by atoms with Gasteiger partial charge in [0.15, 0.2) is 0 Å². The highest BCUT2D eigenvalue weighted by Crippen LogP contribution is 2.19. The number of esters is 1. The van der Waals surface area contributed by atoms with E-state index in [-0.39, 0.29) is 6.61 Å². The normalized spacial score (nSPS) is 10.9. The van der Waals surface area contributed by atoms with E-state index in [4.69, 9.17) is 16.3 Å². The van der Waals surface area contributed by atoms with Crippen molar-refractivity contribution in [2.75, 3.05) is 0 Å². The monoisotopic (exact) mass is 334 g/mol. The molecule has 3 rings (SSSR count). The fraction of sp³-hybridized carbons (Fsp3) is 0.214. The summed E-state index contributed by atoms with van der Waals surface area (Å²) in [5, 5.41) is 3.79. The molecule has 0 saturated heterocycles. The zero-order valence-electron chi connectivity index (χ0n) is 11.8. The lowest BCUT2D eigenvalue weighted by Crippen LogP contribution is -2.06. The summed E-state index contributed by atoms with van der Waals surface area (Å²) in [7, 11) is 0. The van der Waals surface area contributed by atoms with Crippen LogP contribution in [0.1, 0.15) is 27.4 Å². The predicted octanol–water partition coefficient (Wildman–Crippen LogP) is 3.11. The van der Waals surface area contributed by atoms with Gasteiger partial charge in [0.05, 0.1) is 28.0 Å². The van der Waals surface area contributed by atoms with Crippen LogP contribution in [0.3, 0.4) is 0 Å². The topological polar surface area (TPSA) is 77.9 Å². The third-order valence-electron chi connectivity index (χ3n) is 3.16. The van der Waals surface area contributed by atoms with Crippen LogP contribution in [-0.2, 0) is 11.3 Å². The van der Waals surface area contributed by atoms with E-state index >= 15 is 0 Å². The van der Waals surface area contributed by atoms with Gasteiger partial charge in [0.25, 0.3) is 0 Å². The van der Waals surface area contributed by atoms with Crippen LogP contribution in [0.25, 0.3) is 11.0 Å². The molecule has 8 heteroatoms. The second-order valence-electron chi connectivity index (χ2n) is 4.67. The van der Waals surface area contributed by atoms with Gasteiger partial charge in [0.1, 0.15) is 16.6 Å². The van der Waals surface area contributed by atoms with Gasteiger partial charge in [-0.05, 0) is 32.0 Å². The van der Waals surface area contributed by atoms with Crippen LogP contribution in [-0.4, -0.2) is 25.5 Å². The number of benzene rings is 1. The largest absolute Gasteiger partial charge is 0.455 e. The van der Waals surface area contributed by atoms with Crippen LogP contribution >= 0.6 is 23.1 Å². The van der Waals surface area contributed by atoms with E-state index in [1.807, 2.05) is 13.8 Å². The van der Waals surface area contributed by atoms with Crippen LogP contribution in [0.5, 0.6) is 0 Å². The summed E-state index contributed by atoms with van der Waals surface area (Å²) in [5.41, 5.74) is 3.96. The van der Waals surface area contributed by atoms with E-state index in [9.17, 15) is 4.79 Å². The Balaban J connectivity index is 1.82. The lowest BCUT2D eigenvalue weighted by molar-refractivity contribution is 0.0468. The Morgan fingerprint density at radius 1 is 1.23 bits per heavy atom. The molecule has 0 bridgehead atoms. The average Bonchev–Trinajstić information content (AvgIpc) is 2.91. The highest BCUT2D eigenvalue weighted by atomic mass is 35.5. The number of ether oxygens (including phenoxy) is 1. The number of rotatable bonds is 3. The SMILES string of the molecule is Cc1nc2ccc(C(=O)OCc3nnsc3Cl)cc2nc1C. The van der Waals surface area contributed by atoms with Crippen molar-refractivity contribution < 1.29 is 9.53 Å². The summed E-state index contributed by atoms with van der Waals surface area (Å²) in [6, 6.07) is 5.08. The maximum atomic E-state index is 12.1. The molecule has 0 saturated carbocycles. The van der Waals surface area contributed by atoms with Crippen LogP contribution in [0.4, 0.5) is 0 Å². The van der Waals surface area contributed by atoms with Crippen LogP contribution < -0.4 is 0 Å². The number of hydrogen-bond acceptors (Lipinski definition) is 7. The van der Waals surface area contributed by atoms with E-state index in [2.05, 4.69) is 19.6 Å². The molecule has 0 fully saturated rings. The molecule has 3 aromatic rings. The highest BCUT2D eigenvalue weighted by molar-refractivity contribution is 7.10. The maximum Gasteiger partial charge on any atom is 0.338 e. The maximum absolute atomic E-state index is 12.1. The zero-order valence-corrected chi connectivity index (χ0v) is 13.4. The van der Waals surface area contributed by atoms with Gasteiger partial charge in [0, 0.05) is 11.5 Å². The molecule has 1 aromatic carbocycles. The van der Waals surface area contributed by atoms with Gasteiger partial charge in [0.2, 0.25) is 0 Å². The van der Waals surface area contributed by atoms with E-state index < -0.39 is 5.97 Å². The highest BCUT2D eigenvalue weighted by Gasteiger charge is 2.13. The minimum Gasteiger partial charge on any atom is -0.455 e. The Morgan fingerprint density at radius 3 is 2.64 bits per heavy atom. The quantitative estimate of drug-likeness (QED) is 0.685. The van der Waals surface area contributed by atoms with Gasteiger partial charge in [-0.1, -0.05) is 16.1 Å². The second kappa shape index (κ2) is 5.94. The minimum absolute atomic E-state index is 0.00912.